The monoisotopic (exact) mass is 388 g/mol. The number of carbonyl (C=O) groups is 2. The molecule has 0 aliphatic carbocycles. The highest BCUT2D eigenvalue weighted by Crippen LogP contribution is 2.25. The smallest absolute Gasteiger partial charge is 0.265 e. The van der Waals surface area contributed by atoms with Crippen LogP contribution < -0.4 is 15.4 Å². The summed E-state index contributed by atoms with van der Waals surface area (Å²) in [5, 5.41) is 6.16. The van der Waals surface area contributed by atoms with Crippen molar-refractivity contribution in [2.45, 2.75) is 45.8 Å². The Bertz CT molecular complexity index is 795. The largest absolute Gasteiger partial charge is 0.479 e. The van der Waals surface area contributed by atoms with Crippen LogP contribution in [-0.2, 0) is 4.79 Å². The van der Waals surface area contributed by atoms with Gasteiger partial charge >= 0.3 is 0 Å². The number of nitrogens with one attached hydrogen (secondary N) is 2. The highest BCUT2D eigenvalue weighted by molar-refractivity contribution is 6.32. The lowest BCUT2D eigenvalue weighted by Crippen LogP contribution is -2.35. The number of para-hydroxylation sites is 2. The molecule has 27 heavy (non-hydrogen) atoms. The molecule has 0 fully saturated rings. The number of halogens is 1. The summed E-state index contributed by atoms with van der Waals surface area (Å²) in [5.74, 6) is -0.106. The number of rotatable bonds is 8. The molecule has 2 N–H and O–H groups in total. The molecule has 2 aromatic carbocycles. The lowest BCUT2D eigenvalue weighted by Gasteiger charge is -2.19. The molecule has 0 unspecified atom stereocenters. The van der Waals surface area contributed by atoms with Gasteiger partial charge in [0.2, 0.25) is 0 Å². The molecule has 2 atom stereocenters. The first-order valence-corrected chi connectivity index (χ1v) is 9.46. The predicted octanol–water partition coefficient (Wildman–Crippen LogP) is 4.66. The molecule has 0 saturated carbocycles. The molecule has 6 heteroatoms. The zero-order chi connectivity index (χ0) is 19.8. The second-order valence-electron chi connectivity index (χ2n) is 6.26. The number of anilines is 1. The minimum absolute atomic E-state index is 0.0493. The van der Waals surface area contributed by atoms with E-state index in [4.69, 9.17) is 16.3 Å². The van der Waals surface area contributed by atoms with E-state index >= 15 is 0 Å². The zero-order valence-corrected chi connectivity index (χ0v) is 16.5. The summed E-state index contributed by atoms with van der Waals surface area (Å²) < 4.78 is 5.77. The van der Waals surface area contributed by atoms with Gasteiger partial charge < -0.3 is 15.4 Å². The fourth-order valence-electron chi connectivity index (χ4n) is 2.42. The fourth-order valence-corrected chi connectivity index (χ4v) is 2.60. The van der Waals surface area contributed by atoms with Gasteiger partial charge in [-0.3, -0.25) is 9.59 Å². The van der Waals surface area contributed by atoms with Crippen molar-refractivity contribution in [2.24, 2.45) is 0 Å². The van der Waals surface area contributed by atoms with Crippen LogP contribution >= 0.6 is 11.6 Å². The molecule has 0 heterocycles. The molecule has 0 spiro atoms. The van der Waals surface area contributed by atoms with Crippen molar-refractivity contribution < 1.29 is 14.3 Å². The van der Waals surface area contributed by atoms with Gasteiger partial charge in [0.1, 0.15) is 5.75 Å². The van der Waals surface area contributed by atoms with E-state index in [1.807, 2.05) is 20.8 Å². The Morgan fingerprint density at radius 1 is 1.04 bits per heavy atom. The standard InChI is InChI=1S/C21H25ClN2O3/c1-4-14(3)23-20(25)15-10-6-8-12-17(15)24-21(26)18(5-2)27-19-13-9-7-11-16(19)22/h6-14,18H,4-5H2,1-3H3,(H,23,25)(H,24,26)/t14-,18+/m0/s1. The second-order valence-corrected chi connectivity index (χ2v) is 6.67. The molecule has 0 radical (unpaired) electrons. The van der Waals surface area contributed by atoms with Crippen LogP contribution in [0, 0.1) is 0 Å². The molecular weight excluding hydrogens is 364 g/mol. The molecule has 144 valence electrons. The van der Waals surface area contributed by atoms with E-state index in [1.165, 1.54) is 0 Å². The van der Waals surface area contributed by atoms with Crippen molar-refractivity contribution in [3.63, 3.8) is 0 Å². The van der Waals surface area contributed by atoms with Crippen LogP contribution in [0.3, 0.4) is 0 Å². The van der Waals surface area contributed by atoms with Crippen LogP contribution in [-0.4, -0.2) is 24.0 Å². The number of hydrogen-bond acceptors (Lipinski definition) is 3. The van der Waals surface area contributed by atoms with Gasteiger partial charge in [0, 0.05) is 6.04 Å². The van der Waals surface area contributed by atoms with E-state index in [-0.39, 0.29) is 17.9 Å². The summed E-state index contributed by atoms with van der Waals surface area (Å²) in [6, 6.07) is 14.0. The second kappa shape index (κ2) is 9.97. The third-order valence-electron chi connectivity index (χ3n) is 4.19. The van der Waals surface area contributed by atoms with Gasteiger partial charge in [-0.2, -0.15) is 0 Å². The van der Waals surface area contributed by atoms with Gasteiger partial charge in [-0.1, -0.05) is 49.7 Å². The van der Waals surface area contributed by atoms with Gasteiger partial charge in [-0.15, -0.1) is 0 Å². The highest BCUT2D eigenvalue weighted by atomic mass is 35.5. The SMILES string of the molecule is CC[C@H](C)NC(=O)c1ccccc1NC(=O)[C@@H](CC)Oc1ccccc1Cl. The Labute approximate surface area is 165 Å². The Morgan fingerprint density at radius 2 is 1.70 bits per heavy atom. The van der Waals surface area contributed by atoms with E-state index in [2.05, 4.69) is 10.6 Å². The first-order chi connectivity index (χ1) is 13.0. The van der Waals surface area contributed by atoms with Crippen LogP contribution in [0.1, 0.15) is 44.0 Å². The summed E-state index contributed by atoms with van der Waals surface area (Å²) in [7, 11) is 0. The third kappa shape index (κ3) is 5.73. The first-order valence-electron chi connectivity index (χ1n) is 9.08. The molecule has 0 aliphatic rings. The zero-order valence-electron chi connectivity index (χ0n) is 15.8. The summed E-state index contributed by atoms with van der Waals surface area (Å²) in [6.07, 6.45) is 0.554. The highest BCUT2D eigenvalue weighted by Gasteiger charge is 2.22. The average Bonchev–Trinajstić information content (AvgIpc) is 2.67. The topological polar surface area (TPSA) is 67.4 Å². The summed E-state index contributed by atoms with van der Waals surface area (Å²) in [5.41, 5.74) is 0.864. The van der Waals surface area contributed by atoms with Crippen LogP contribution in [0.25, 0.3) is 0 Å². The first kappa shape index (κ1) is 20.8. The molecule has 5 nitrogen and oxygen atoms in total. The van der Waals surface area contributed by atoms with Crippen LogP contribution in [0.4, 0.5) is 5.69 Å². The fraction of sp³-hybridized carbons (Fsp3) is 0.333. The van der Waals surface area contributed by atoms with Gasteiger partial charge in [0.05, 0.1) is 16.3 Å². The van der Waals surface area contributed by atoms with E-state index in [1.54, 1.807) is 48.5 Å². The minimum Gasteiger partial charge on any atom is -0.479 e. The Kier molecular flexibility index (Phi) is 7.67. The number of carbonyl (C=O) groups excluding carboxylic acids is 2. The quantitative estimate of drug-likeness (QED) is 0.690. The summed E-state index contributed by atoms with van der Waals surface area (Å²) in [4.78, 5) is 25.2. The van der Waals surface area contributed by atoms with Crippen molar-refractivity contribution in [3.05, 3.63) is 59.1 Å². The van der Waals surface area contributed by atoms with E-state index < -0.39 is 6.10 Å². The minimum atomic E-state index is -0.726. The molecule has 2 aromatic rings. The number of amides is 2. The van der Waals surface area contributed by atoms with Crippen LogP contribution in [0.5, 0.6) is 5.75 Å². The van der Waals surface area contributed by atoms with Gasteiger partial charge in [-0.25, -0.2) is 0 Å². The van der Waals surface area contributed by atoms with Crippen molar-refractivity contribution in [2.75, 3.05) is 5.32 Å². The number of ether oxygens (including phenoxy) is 1. The van der Waals surface area contributed by atoms with Crippen molar-refractivity contribution >= 4 is 29.1 Å². The van der Waals surface area contributed by atoms with Crippen molar-refractivity contribution in [1.82, 2.24) is 5.32 Å². The summed E-state index contributed by atoms with van der Waals surface area (Å²) >= 11 is 6.11. The maximum absolute atomic E-state index is 12.7. The molecule has 0 aliphatic heterocycles. The van der Waals surface area contributed by atoms with Crippen molar-refractivity contribution in [1.29, 1.82) is 0 Å². The Hall–Kier alpha value is -2.53. The van der Waals surface area contributed by atoms with Crippen LogP contribution in [0.15, 0.2) is 48.5 Å². The van der Waals surface area contributed by atoms with E-state index in [0.29, 0.717) is 28.4 Å². The molecule has 0 saturated heterocycles. The van der Waals surface area contributed by atoms with Crippen molar-refractivity contribution in [3.8, 4) is 5.75 Å². The maximum atomic E-state index is 12.7. The van der Waals surface area contributed by atoms with Gasteiger partial charge in [-0.05, 0) is 44.0 Å². The Balaban J connectivity index is 2.14. The Morgan fingerprint density at radius 3 is 2.37 bits per heavy atom. The molecular formula is C21H25ClN2O3. The maximum Gasteiger partial charge on any atom is 0.265 e. The summed E-state index contributed by atoms with van der Waals surface area (Å²) in [6.45, 7) is 5.78. The van der Waals surface area contributed by atoms with Gasteiger partial charge in [0.15, 0.2) is 6.10 Å². The third-order valence-corrected chi connectivity index (χ3v) is 4.50. The number of hydrogen-bond donors (Lipinski definition) is 2. The van der Waals surface area contributed by atoms with E-state index in [9.17, 15) is 9.59 Å². The molecule has 2 rings (SSSR count). The number of benzene rings is 2. The lowest BCUT2D eigenvalue weighted by molar-refractivity contribution is -0.122. The average molecular weight is 389 g/mol. The van der Waals surface area contributed by atoms with Crippen LogP contribution in [0.2, 0.25) is 5.02 Å². The predicted molar refractivity (Wildman–Crippen MR) is 108 cm³/mol. The van der Waals surface area contributed by atoms with Gasteiger partial charge in [0.25, 0.3) is 11.8 Å². The molecule has 0 bridgehead atoms. The molecule has 0 aromatic heterocycles. The molecule has 2 amide bonds. The van der Waals surface area contributed by atoms with E-state index in [0.717, 1.165) is 6.42 Å². The lowest BCUT2D eigenvalue weighted by atomic mass is 10.1. The normalized spacial score (nSPS) is 12.7.